The number of hydrogen-bond donors (Lipinski definition) is 0. The summed E-state index contributed by atoms with van der Waals surface area (Å²) in [6, 6.07) is 0. The molecule has 0 atom stereocenters. The molecular formula is C21H29N5OS. The number of nitrogens with zero attached hydrogens (tertiary/aromatic N) is 5. The van der Waals surface area contributed by atoms with Crippen molar-refractivity contribution in [1.29, 1.82) is 0 Å². The van der Waals surface area contributed by atoms with Crippen LogP contribution >= 0.6 is 11.3 Å². The van der Waals surface area contributed by atoms with E-state index < -0.39 is 0 Å². The molecule has 28 heavy (non-hydrogen) atoms. The van der Waals surface area contributed by atoms with Crippen LogP contribution in [0.15, 0.2) is 12.4 Å². The van der Waals surface area contributed by atoms with Crippen LogP contribution in [0.1, 0.15) is 60.0 Å². The second-order valence-corrected chi connectivity index (χ2v) is 9.30. The number of thiazole rings is 1. The summed E-state index contributed by atoms with van der Waals surface area (Å²) < 4.78 is 5.44. The molecule has 1 saturated heterocycles. The summed E-state index contributed by atoms with van der Waals surface area (Å²) in [5.74, 6) is 1.69. The summed E-state index contributed by atoms with van der Waals surface area (Å²) in [7, 11) is 0. The monoisotopic (exact) mass is 399 g/mol. The number of rotatable bonds is 4. The molecule has 150 valence electrons. The average Bonchev–Trinajstić information content (AvgIpc) is 3.23. The van der Waals surface area contributed by atoms with Crippen molar-refractivity contribution in [2.75, 3.05) is 37.7 Å². The Labute approximate surface area is 171 Å². The van der Waals surface area contributed by atoms with Gasteiger partial charge in [0.2, 0.25) is 0 Å². The first-order valence-corrected chi connectivity index (χ1v) is 11.5. The van der Waals surface area contributed by atoms with Crippen molar-refractivity contribution in [3.8, 4) is 0 Å². The zero-order chi connectivity index (χ0) is 18.8. The van der Waals surface area contributed by atoms with Crippen LogP contribution < -0.4 is 4.90 Å². The lowest BCUT2D eigenvalue weighted by atomic mass is 9.88. The van der Waals surface area contributed by atoms with Crippen LogP contribution in [0.3, 0.4) is 0 Å². The number of morpholine rings is 1. The van der Waals surface area contributed by atoms with Gasteiger partial charge in [-0.2, -0.15) is 0 Å². The van der Waals surface area contributed by atoms with E-state index >= 15 is 0 Å². The highest BCUT2D eigenvalue weighted by atomic mass is 32.1. The smallest absolute Gasteiger partial charge is 0.185 e. The van der Waals surface area contributed by atoms with E-state index in [-0.39, 0.29) is 0 Å². The Balaban J connectivity index is 1.22. The maximum Gasteiger partial charge on any atom is 0.185 e. The molecule has 0 unspecified atom stereocenters. The summed E-state index contributed by atoms with van der Waals surface area (Å²) in [5.41, 5.74) is 2.59. The fourth-order valence-corrected chi connectivity index (χ4v) is 5.58. The Morgan fingerprint density at radius 2 is 1.89 bits per heavy atom. The topological polar surface area (TPSA) is 54.4 Å². The van der Waals surface area contributed by atoms with Crippen molar-refractivity contribution in [1.82, 2.24) is 19.9 Å². The molecule has 2 aromatic rings. The Morgan fingerprint density at radius 3 is 2.75 bits per heavy atom. The molecule has 0 N–H and O–H groups in total. The third-order valence-electron chi connectivity index (χ3n) is 6.20. The molecule has 4 heterocycles. The van der Waals surface area contributed by atoms with Crippen molar-refractivity contribution in [2.45, 2.75) is 57.5 Å². The molecule has 0 aromatic carbocycles. The highest BCUT2D eigenvalue weighted by molar-refractivity contribution is 7.15. The molecule has 7 heteroatoms. The van der Waals surface area contributed by atoms with E-state index in [0.717, 1.165) is 63.3 Å². The Kier molecular flexibility index (Phi) is 5.56. The van der Waals surface area contributed by atoms with E-state index in [1.54, 1.807) is 0 Å². The number of hydrogen-bond acceptors (Lipinski definition) is 7. The number of anilines is 1. The van der Waals surface area contributed by atoms with E-state index in [1.807, 2.05) is 17.5 Å². The molecule has 2 aliphatic heterocycles. The van der Waals surface area contributed by atoms with Gasteiger partial charge in [0, 0.05) is 73.6 Å². The SMILES string of the molecule is c1nc(N2CCOCC2)sc1CN1CCc2nc(C3CCCCC3)ncc2C1. The number of fused-ring (bicyclic) bond motifs is 1. The quantitative estimate of drug-likeness (QED) is 0.786. The van der Waals surface area contributed by atoms with Crippen LogP contribution in [0.25, 0.3) is 0 Å². The zero-order valence-corrected chi connectivity index (χ0v) is 17.3. The summed E-state index contributed by atoms with van der Waals surface area (Å²) in [6.45, 7) is 6.49. The Hall–Kier alpha value is -1.57. The van der Waals surface area contributed by atoms with E-state index in [2.05, 4.69) is 21.0 Å². The molecule has 5 rings (SSSR count). The van der Waals surface area contributed by atoms with Gasteiger partial charge in [0.25, 0.3) is 0 Å². The van der Waals surface area contributed by atoms with Gasteiger partial charge in [0.1, 0.15) is 5.82 Å². The number of aromatic nitrogens is 3. The Morgan fingerprint density at radius 1 is 1.04 bits per heavy atom. The normalized spacial score (nSPS) is 21.6. The average molecular weight is 400 g/mol. The van der Waals surface area contributed by atoms with Gasteiger partial charge < -0.3 is 9.64 Å². The van der Waals surface area contributed by atoms with Gasteiger partial charge >= 0.3 is 0 Å². The second kappa shape index (κ2) is 8.43. The fourth-order valence-electron chi connectivity index (χ4n) is 4.57. The lowest BCUT2D eigenvalue weighted by molar-refractivity contribution is 0.122. The van der Waals surface area contributed by atoms with Crippen molar-refractivity contribution in [3.05, 3.63) is 34.4 Å². The molecule has 1 saturated carbocycles. The molecule has 3 aliphatic rings. The van der Waals surface area contributed by atoms with Crippen molar-refractivity contribution >= 4 is 16.5 Å². The van der Waals surface area contributed by atoms with Crippen LogP contribution in [0.4, 0.5) is 5.13 Å². The minimum absolute atomic E-state index is 0.591. The van der Waals surface area contributed by atoms with Crippen LogP contribution in [-0.4, -0.2) is 52.7 Å². The molecule has 0 bridgehead atoms. The van der Waals surface area contributed by atoms with E-state index in [9.17, 15) is 0 Å². The zero-order valence-electron chi connectivity index (χ0n) is 16.5. The summed E-state index contributed by atoms with van der Waals surface area (Å²) in [4.78, 5) is 20.6. The highest BCUT2D eigenvalue weighted by Crippen LogP contribution is 2.32. The number of ether oxygens (including phenoxy) is 1. The van der Waals surface area contributed by atoms with Gasteiger partial charge in [-0.15, -0.1) is 11.3 Å². The van der Waals surface area contributed by atoms with Crippen molar-refractivity contribution in [3.63, 3.8) is 0 Å². The first-order chi connectivity index (χ1) is 13.8. The maximum atomic E-state index is 5.44. The lowest BCUT2D eigenvalue weighted by Crippen LogP contribution is -2.36. The molecule has 2 fully saturated rings. The molecule has 0 spiro atoms. The van der Waals surface area contributed by atoms with E-state index in [0.29, 0.717) is 5.92 Å². The lowest BCUT2D eigenvalue weighted by Gasteiger charge is -2.28. The standard InChI is InChI=1S/C21H29N5OS/c1-2-4-16(5-3-1)20-22-12-17-14-25(7-6-19(17)24-20)15-18-13-23-21(28-18)26-8-10-27-11-9-26/h12-13,16H,1-11,14-15H2. The van der Waals surface area contributed by atoms with Crippen molar-refractivity contribution in [2.24, 2.45) is 0 Å². The van der Waals surface area contributed by atoms with Crippen LogP contribution in [0.2, 0.25) is 0 Å². The predicted molar refractivity (Wildman–Crippen MR) is 111 cm³/mol. The minimum atomic E-state index is 0.591. The minimum Gasteiger partial charge on any atom is -0.378 e. The van der Waals surface area contributed by atoms with Gasteiger partial charge in [0.15, 0.2) is 5.13 Å². The summed E-state index contributed by atoms with van der Waals surface area (Å²) >= 11 is 1.82. The maximum absolute atomic E-state index is 5.44. The first kappa shape index (κ1) is 18.5. The third-order valence-corrected chi connectivity index (χ3v) is 7.25. The molecule has 2 aromatic heterocycles. The third kappa shape index (κ3) is 4.07. The summed E-state index contributed by atoms with van der Waals surface area (Å²) in [5, 5.41) is 1.14. The highest BCUT2D eigenvalue weighted by Gasteiger charge is 2.23. The van der Waals surface area contributed by atoms with Crippen LogP contribution in [-0.2, 0) is 24.2 Å². The van der Waals surface area contributed by atoms with Gasteiger partial charge in [-0.05, 0) is 12.8 Å². The molecule has 1 aliphatic carbocycles. The largest absolute Gasteiger partial charge is 0.378 e. The summed E-state index contributed by atoms with van der Waals surface area (Å²) in [6.07, 6.45) is 11.8. The van der Waals surface area contributed by atoms with E-state index in [1.165, 1.54) is 48.2 Å². The van der Waals surface area contributed by atoms with Crippen molar-refractivity contribution < 1.29 is 4.74 Å². The van der Waals surface area contributed by atoms with Gasteiger partial charge in [-0.3, -0.25) is 4.90 Å². The second-order valence-electron chi connectivity index (χ2n) is 8.20. The fraction of sp³-hybridized carbons (Fsp3) is 0.667. The van der Waals surface area contributed by atoms with Gasteiger partial charge in [-0.1, -0.05) is 19.3 Å². The Bertz CT molecular complexity index is 798. The van der Waals surface area contributed by atoms with Crippen LogP contribution in [0.5, 0.6) is 0 Å². The van der Waals surface area contributed by atoms with E-state index in [4.69, 9.17) is 14.7 Å². The molecule has 6 nitrogen and oxygen atoms in total. The van der Waals surface area contributed by atoms with Gasteiger partial charge in [-0.25, -0.2) is 15.0 Å². The molecule has 0 radical (unpaired) electrons. The predicted octanol–water partition coefficient (Wildman–Crippen LogP) is 3.38. The molecule has 0 amide bonds. The molecular weight excluding hydrogens is 370 g/mol. The van der Waals surface area contributed by atoms with Crippen LogP contribution in [0, 0.1) is 0 Å². The first-order valence-electron chi connectivity index (χ1n) is 10.7. The van der Waals surface area contributed by atoms with Gasteiger partial charge in [0.05, 0.1) is 13.2 Å².